The van der Waals surface area contributed by atoms with Crippen LogP contribution in [0.3, 0.4) is 0 Å². The van der Waals surface area contributed by atoms with Crippen LogP contribution >= 0.6 is 0 Å². The highest BCUT2D eigenvalue weighted by molar-refractivity contribution is 5.82. The second-order valence-corrected chi connectivity index (χ2v) is 3.84. The number of nitrogens with zero attached hydrogens (tertiary/aromatic N) is 1. The SMILES string of the molecule is N#Cc1cccc(-c2cc3ccccc3o2)c1. The molecule has 0 saturated heterocycles. The minimum absolute atomic E-state index is 0.642. The monoisotopic (exact) mass is 219 g/mol. The lowest BCUT2D eigenvalue weighted by molar-refractivity contribution is 0.631. The summed E-state index contributed by atoms with van der Waals surface area (Å²) in [4.78, 5) is 0. The van der Waals surface area contributed by atoms with E-state index in [0.717, 1.165) is 22.3 Å². The third kappa shape index (κ3) is 1.68. The standard InChI is InChI=1S/C15H9NO/c16-10-11-4-3-6-12(8-11)15-9-13-5-1-2-7-14(13)17-15/h1-9H. The summed E-state index contributed by atoms with van der Waals surface area (Å²) in [5, 5.41) is 9.94. The van der Waals surface area contributed by atoms with Crippen molar-refractivity contribution in [2.75, 3.05) is 0 Å². The van der Waals surface area contributed by atoms with Crippen molar-refractivity contribution in [2.24, 2.45) is 0 Å². The van der Waals surface area contributed by atoms with E-state index < -0.39 is 0 Å². The number of benzene rings is 2. The minimum atomic E-state index is 0.642. The van der Waals surface area contributed by atoms with Gasteiger partial charge in [0, 0.05) is 10.9 Å². The molecule has 0 unspecified atom stereocenters. The molecule has 0 aliphatic heterocycles. The van der Waals surface area contributed by atoms with E-state index in [9.17, 15) is 0 Å². The van der Waals surface area contributed by atoms with Crippen LogP contribution in [0.4, 0.5) is 0 Å². The molecule has 0 amide bonds. The van der Waals surface area contributed by atoms with Gasteiger partial charge < -0.3 is 4.42 Å². The Balaban J connectivity index is 2.17. The number of fused-ring (bicyclic) bond motifs is 1. The molecule has 2 heteroatoms. The van der Waals surface area contributed by atoms with Crippen LogP contribution in [-0.4, -0.2) is 0 Å². The molecule has 3 aromatic rings. The molecule has 0 aliphatic carbocycles. The van der Waals surface area contributed by atoms with Gasteiger partial charge in [-0.3, -0.25) is 0 Å². The Bertz CT molecular complexity index is 686. The zero-order chi connectivity index (χ0) is 11.7. The Morgan fingerprint density at radius 2 is 1.82 bits per heavy atom. The molecule has 0 radical (unpaired) electrons. The summed E-state index contributed by atoms with van der Waals surface area (Å²) in [6.45, 7) is 0. The molecule has 0 saturated carbocycles. The van der Waals surface area contributed by atoms with Crippen molar-refractivity contribution in [2.45, 2.75) is 0 Å². The summed E-state index contributed by atoms with van der Waals surface area (Å²) in [5.74, 6) is 0.795. The molecule has 2 aromatic carbocycles. The third-order valence-corrected chi connectivity index (χ3v) is 2.70. The van der Waals surface area contributed by atoms with E-state index in [1.54, 1.807) is 6.07 Å². The highest BCUT2D eigenvalue weighted by Gasteiger charge is 2.05. The van der Waals surface area contributed by atoms with E-state index in [-0.39, 0.29) is 0 Å². The first-order chi connectivity index (χ1) is 8.36. The predicted molar refractivity (Wildman–Crippen MR) is 66.4 cm³/mol. The summed E-state index contributed by atoms with van der Waals surface area (Å²) in [5.41, 5.74) is 2.44. The van der Waals surface area contributed by atoms with Gasteiger partial charge in [0.15, 0.2) is 0 Å². The molecule has 0 spiro atoms. The van der Waals surface area contributed by atoms with Crippen molar-refractivity contribution in [1.29, 1.82) is 5.26 Å². The predicted octanol–water partition coefficient (Wildman–Crippen LogP) is 3.97. The Morgan fingerprint density at radius 3 is 2.65 bits per heavy atom. The molecule has 0 N–H and O–H groups in total. The Kier molecular flexibility index (Phi) is 2.16. The highest BCUT2D eigenvalue weighted by atomic mass is 16.3. The molecule has 0 atom stereocenters. The van der Waals surface area contributed by atoms with Gasteiger partial charge in [-0.05, 0) is 24.3 Å². The maximum absolute atomic E-state index is 8.87. The van der Waals surface area contributed by atoms with E-state index >= 15 is 0 Å². The van der Waals surface area contributed by atoms with Crippen LogP contribution < -0.4 is 0 Å². The van der Waals surface area contributed by atoms with E-state index in [4.69, 9.17) is 9.68 Å². The van der Waals surface area contributed by atoms with Gasteiger partial charge in [0.25, 0.3) is 0 Å². The zero-order valence-corrected chi connectivity index (χ0v) is 9.05. The molecular weight excluding hydrogens is 210 g/mol. The quantitative estimate of drug-likeness (QED) is 0.620. The van der Waals surface area contributed by atoms with Gasteiger partial charge in [0.05, 0.1) is 11.6 Å². The molecule has 17 heavy (non-hydrogen) atoms. The summed E-state index contributed by atoms with van der Waals surface area (Å²) in [7, 11) is 0. The summed E-state index contributed by atoms with van der Waals surface area (Å²) in [6.07, 6.45) is 0. The van der Waals surface area contributed by atoms with Gasteiger partial charge in [-0.25, -0.2) is 0 Å². The number of hydrogen-bond donors (Lipinski definition) is 0. The molecule has 80 valence electrons. The van der Waals surface area contributed by atoms with Crippen LogP contribution in [-0.2, 0) is 0 Å². The van der Waals surface area contributed by atoms with Crippen LogP contribution in [0.5, 0.6) is 0 Å². The number of hydrogen-bond acceptors (Lipinski definition) is 2. The molecule has 3 rings (SSSR count). The molecule has 1 heterocycles. The lowest BCUT2D eigenvalue weighted by Crippen LogP contribution is -1.76. The number of nitriles is 1. The molecule has 0 bridgehead atoms. The van der Waals surface area contributed by atoms with Crippen LogP contribution in [0, 0.1) is 11.3 Å². The van der Waals surface area contributed by atoms with Crippen LogP contribution in [0.2, 0.25) is 0 Å². The van der Waals surface area contributed by atoms with Gasteiger partial charge in [-0.2, -0.15) is 5.26 Å². The Hall–Kier alpha value is -2.53. The van der Waals surface area contributed by atoms with E-state index in [2.05, 4.69) is 6.07 Å². The van der Waals surface area contributed by atoms with Crippen molar-refractivity contribution in [3.63, 3.8) is 0 Å². The molecule has 1 aromatic heterocycles. The lowest BCUT2D eigenvalue weighted by atomic mass is 10.1. The topological polar surface area (TPSA) is 36.9 Å². The Morgan fingerprint density at radius 1 is 0.941 bits per heavy atom. The number of para-hydroxylation sites is 1. The summed E-state index contributed by atoms with van der Waals surface area (Å²) >= 11 is 0. The third-order valence-electron chi connectivity index (χ3n) is 2.70. The smallest absolute Gasteiger partial charge is 0.135 e. The number of rotatable bonds is 1. The first kappa shape index (κ1) is 9.68. The van der Waals surface area contributed by atoms with Gasteiger partial charge in [-0.1, -0.05) is 30.3 Å². The zero-order valence-electron chi connectivity index (χ0n) is 9.05. The molecule has 0 fully saturated rings. The van der Waals surface area contributed by atoms with Gasteiger partial charge in [-0.15, -0.1) is 0 Å². The summed E-state index contributed by atoms with van der Waals surface area (Å²) in [6, 6.07) is 19.4. The second kappa shape index (κ2) is 3.80. The van der Waals surface area contributed by atoms with Gasteiger partial charge in [0.2, 0.25) is 0 Å². The van der Waals surface area contributed by atoms with E-state index in [1.165, 1.54) is 0 Å². The minimum Gasteiger partial charge on any atom is -0.456 e. The summed E-state index contributed by atoms with van der Waals surface area (Å²) < 4.78 is 5.74. The van der Waals surface area contributed by atoms with Gasteiger partial charge >= 0.3 is 0 Å². The maximum Gasteiger partial charge on any atom is 0.135 e. The van der Waals surface area contributed by atoms with Crippen LogP contribution in [0.15, 0.2) is 59.0 Å². The van der Waals surface area contributed by atoms with Gasteiger partial charge in [0.1, 0.15) is 11.3 Å². The average molecular weight is 219 g/mol. The first-order valence-corrected chi connectivity index (χ1v) is 5.36. The van der Waals surface area contributed by atoms with Crippen molar-refractivity contribution >= 4 is 11.0 Å². The van der Waals surface area contributed by atoms with Crippen molar-refractivity contribution in [1.82, 2.24) is 0 Å². The first-order valence-electron chi connectivity index (χ1n) is 5.36. The maximum atomic E-state index is 8.87. The normalized spacial score (nSPS) is 10.3. The van der Waals surface area contributed by atoms with E-state index in [1.807, 2.05) is 48.5 Å². The van der Waals surface area contributed by atoms with E-state index in [0.29, 0.717) is 5.56 Å². The molecular formula is C15H9NO. The molecule has 2 nitrogen and oxygen atoms in total. The van der Waals surface area contributed by atoms with Crippen LogP contribution in [0.1, 0.15) is 5.56 Å². The lowest BCUT2D eigenvalue weighted by Gasteiger charge is -1.95. The van der Waals surface area contributed by atoms with Crippen molar-refractivity contribution < 1.29 is 4.42 Å². The molecule has 0 aliphatic rings. The van der Waals surface area contributed by atoms with Crippen molar-refractivity contribution in [3.8, 4) is 17.4 Å². The number of furan rings is 1. The fourth-order valence-electron chi connectivity index (χ4n) is 1.87. The fraction of sp³-hybridized carbons (Fsp3) is 0. The van der Waals surface area contributed by atoms with Crippen molar-refractivity contribution in [3.05, 3.63) is 60.2 Å². The fourth-order valence-corrected chi connectivity index (χ4v) is 1.87. The largest absolute Gasteiger partial charge is 0.456 e. The second-order valence-electron chi connectivity index (χ2n) is 3.84. The van der Waals surface area contributed by atoms with Crippen LogP contribution in [0.25, 0.3) is 22.3 Å². The average Bonchev–Trinajstić information content (AvgIpc) is 2.82. The highest BCUT2D eigenvalue weighted by Crippen LogP contribution is 2.27. The Labute approximate surface area is 98.7 Å².